The molecule has 0 aliphatic rings. The van der Waals surface area contributed by atoms with Gasteiger partial charge in [-0.25, -0.2) is 8.42 Å². The molecule has 0 bridgehead atoms. The maximum Gasteiger partial charge on any atom is 0.403 e. The van der Waals surface area contributed by atoms with Gasteiger partial charge in [0.2, 0.25) is 0 Å². The molecular weight excluding hydrogens is 263 g/mol. The number of carbonyl (C=O) groups is 1. The number of nitrogens with one attached hydrogen (secondary N) is 1. The van der Waals surface area contributed by atoms with Crippen LogP contribution in [-0.4, -0.2) is 50.3 Å². The summed E-state index contributed by atoms with van der Waals surface area (Å²) < 4.78 is 58.3. The Bertz CT molecular complexity index is 365. The minimum absolute atomic E-state index is 0.350. The van der Waals surface area contributed by atoms with Crippen molar-refractivity contribution in [2.75, 3.05) is 18.6 Å². The predicted octanol–water partition coefficient (Wildman–Crippen LogP) is 0.272. The monoisotopic (exact) mass is 277 g/mol. The van der Waals surface area contributed by atoms with E-state index in [2.05, 4.69) is 5.32 Å². The summed E-state index contributed by atoms with van der Waals surface area (Å²) in [6.07, 6.45) is -3.91. The van der Waals surface area contributed by atoms with Crippen LogP contribution in [0.15, 0.2) is 0 Å². The number of hydrogen-bond acceptors (Lipinski definition) is 4. The number of hydrogen-bond donors (Lipinski definition) is 2. The van der Waals surface area contributed by atoms with Gasteiger partial charge in [-0.15, -0.1) is 0 Å². The van der Waals surface area contributed by atoms with Crippen LogP contribution in [0.4, 0.5) is 13.2 Å². The summed E-state index contributed by atoms with van der Waals surface area (Å²) in [5, 5.41) is 10.6. The van der Waals surface area contributed by atoms with E-state index < -0.39 is 40.5 Å². The Morgan fingerprint density at radius 3 is 2.18 bits per heavy atom. The molecule has 0 aromatic rings. The van der Waals surface area contributed by atoms with Crippen molar-refractivity contribution in [2.45, 2.75) is 19.1 Å². The lowest BCUT2D eigenvalue weighted by Gasteiger charge is -2.19. The van der Waals surface area contributed by atoms with E-state index in [1.54, 1.807) is 0 Å². The molecule has 2 unspecified atom stereocenters. The zero-order valence-corrected chi connectivity index (χ0v) is 10.1. The number of alkyl halides is 3. The van der Waals surface area contributed by atoms with Gasteiger partial charge in [-0.1, -0.05) is 0 Å². The molecule has 0 aromatic carbocycles. The maximum atomic E-state index is 12.2. The van der Waals surface area contributed by atoms with Gasteiger partial charge in [0.15, 0.2) is 5.92 Å². The van der Waals surface area contributed by atoms with E-state index in [0.29, 0.717) is 0 Å². The van der Waals surface area contributed by atoms with Crippen molar-refractivity contribution in [1.82, 2.24) is 5.32 Å². The molecule has 0 fully saturated rings. The lowest BCUT2D eigenvalue weighted by atomic mass is 10.1. The third-order valence-electron chi connectivity index (χ3n) is 1.92. The highest BCUT2D eigenvalue weighted by Crippen LogP contribution is 2.25. The van der Waals surface area contributed by atoms with Crippen molar-refractivity contribution in [3.05, 3.63) is 0 Å². The zero-order chi connectivity index (χ0) is 13.9. The number of carboxylic acids is 1. The molecular formula is C8H14F3NO4S. The normalized spacial score (nSPS) is 16.5. The van der Waals surface area contributed by atoms with E-state index in [1.807, 2.05) is 0 Å². The lowest BCUT2D eigenvalue weighted by molar-refractivity contribution is -0.192. The molecule has 17 heavy (non-hydrogen) atoms. The van der Waals surface area contributed by atoms with Crippen LogP contribution in [0.3, 0.4) is 0 Å². The fourth-order valence-corrected chi connectivity index (χ4v) is 2.20. The van der Waals surface area contributed by atoms with E-state index >= 15 is 0 Å². The van der Waals surface area contributed by atoms with Crippen LogP contribution in [0.5, 0.6) is 0 Å². The minimum atomic E-state index is -4.86. The largest absolute Gasteiger partial charge is 0.481 e. The second-order valence-corrected chi connectivity index (χ2v) is 6.02. The summed E-state index contributed by atoms with van der Waals surface area (Å²) >= 11 is 0. The van der Waals surface area contributed by atoms with Crippen LogP contribution in [0.2, 0.25) is 0 Å². The van der Waals surface area contributed by atoms with Crippen LogP contribution < -0.4 is 5.32 Å². The topological polar surface area (TPSA) is 83.5 Å². The summed E-state index contributed by atoms with van der Waals surface area (Å²) in [5.41, 5.74) is 0. The van der Waals surface area contributed by atoms with Crippen LogP contribution >= 0.6 is 0 Å². The fraction of sp³-hybridized carbons (Fsp3) is 0.875. The molecule has 2 N–H and O–H groups in total. The molecule has 0 spiro atoms. The lowest BCUT2D eigenvalue weighted by Crippen LogP contribution is -2.43. The minimum Gasteiger partial charge on any atom is -0.481 e. The number of halogens is 3. The first kappa shape index (κ1) is 16.2. The van der Waals surface area contributed by atoms with Gasteiger partial charge in [-0.05, 0) is 6.92 Å². The number of carboxylic acid groups (broad SMARTS) is 1. The Morgan fingerprint density at radius 1 is 1.41 bits per heavy atom. The second kappa shape index (κ2) is 5.67. The molecule has 0 aliphatic carbocycles. The highest BCUT2D eigenvalue weighted by atomic mass is 32.2. The van der Waals surface area contributed by atoms with Gasteiger partial charge in [0, 0.05) is 18.8 Å². The molecule has 5 nitrogen and oxygen atoms in total. The van der Waals surface area contributed by atoms with Gasteiger partial charge >= 0.3 is 12.1 Å². The molecule has 0 saturated carbocycles. The standard InChI is InChI=1S/C8H14F3NO4S/c1-5(4-17(2,15)16)12-3-6(7(13)14)8(9,10)11/h5-6,12H,3-4H2,1-2H3,(H,13,14). The van der Waals surface area contributed by atoms with E-state index in [-0.39, 0.29) is 5.75 Å². The average molecular weight is 277 g/mol. The van der Waals surface area contributed by atoms with Crippen molar-refractivity contribution in [3.8, 4) is 0 Å². The average Bonchev–Trinajstić information content (AvgIpc) is 1.96. The quantitative estimate of drug-likeness (QED) is 0.728. The first-order valence-electron chi connectivity index (χ1n) is 4.64. The molecule has 0 radical (unpaired) electrons. The fourth-order valence-electron chi connectivity index (χ4n) is 1.18. The van der Waals surface area contributed by atoms with E-state index in [4.69, 9.17) is 5.11 Å². The Balaban J connectivity index is 4.38. The summed E-state index contributed by atoms with van der Waals surface area (Å²) in [5.74, 6) is -4.88. The zero-order valence-electron chi connectivity index (χ0n) is 9.28. The molecule has 0 aromatic heterocycles. The molecule has 0 aliphatic heterocycles. The van der Waals surface area contributed by atoms with Crippen molar-refractivity contribution < 1.29 is 31.5 Å². The summed E-state index contributed by atoms with van der Waals surface area (Å²) in [4.78, 5) is 10.4. The molecule has 0 saturated heterocycles. The number of aliphatic carboxylic acids is 1. The maximum absolute atomic E-state index is 12.2. The second-order valence-electron chi connectivity index (χ2n) is 3.83. The Morgan fingerprint density at radius 2 is 1.88 bits per heavy atom. The number of sulfone groups is 1. The third kappa shape index (κ3) is 7.16. The van der Waals surface area contributed by atoms with Crippen molar-refractivity contribution >= 4 is 15.8 Å². The third-order valence-corrected chi connectivity index (χ3v) is 3.02. The molecule has 2 atom stereocenters. The first-order chi connectivity index (χ1) is 7.43. The predicted molar refractivity (Wildman–Crippen MR) is 54.4 cm³/mol. The first-order valence-corrected chi connectivity index (χ1v) is 6.70. The SMILES string of the molecule is CC(CS(C)(=O)=O)NCC(C(=O)O)C(F)(F)F. The summed E-state index contributed by atoms with van der Waals surface area (Å²) in [7, 11) is -3.32. The van der Waals surface area contributed by atoms with Crippen LogP contribution in [0, 0.1) is 5.92 Å². The molecule has 9 heteroatoms. The summed E-state index contributed by atoms with van der Waals surface area (Å²) in [6, 6.07) is -0.741. The van der Waals surface area contributed by atoms with Gasteiger partial charge in [0.1, 0.15) is 9.84 Å². The van der Waals surface area contributed by atoms with E-state index in [0.717, 1.165) is 6.26 Å². The van der Waals surface area contributed by atoms with Crippen molar-refractivity contribution in [2.24, 2.45) is 5.92 Å². The van der Waals surface area contributed by atoms with Crippen LogP contribution in [0.1, 0.15) is 6.92 Å². The Hall–Kier alpha value is -0.830. The van der Waals surface area contributed by atoms with E-state index in [1.165, 1.54) is 6.92 Å². The molecule has 102 valence electrons. The molecule has 0 amide bonds. The highest BCUT2D eigenvalue weighted by Gasteiger charge is 2.44. The molecule has 0 rings (SSSR count). The highest BCUT2D eigenvalue weighted by molar-refractivity contribution is 7.90. The van der Waals surface area contributed by atoms with Crippen molar-refractivity contribution in [1.29, 1.82) is 0 Å². The summed E-state index contributed by atoms with van der Waals surface area (Å²) in [6.45, 7) is 0.520. The van der Waals surface area contributed by atoms with Gasteiger partial charge < -0.3 is 10.4 Å². The van der Waals surface area contributed by atoms with Crippen LogP contribution in [0.25, 0.3) is 0 Å². The van der Waals surface area contributed by atoms with E-state index in [9.17, 15) is 26.4 Å². The van der Waals surface area contributed by atoms with Gasteiger partial charge in [-0.2, -0.15) is 13.2 Å². The smallest absolute Gasteiger partial charge is 0.403 e. The Labute approximate surface area is 96.9 Å². The van der Waals surface area contributed by atoms with Gasteiger partial charge in [-0.3, -0.25) is 4.79 Å². The van der Waals surface area contributed by atoms with Crippen molar-refractivity contribution in [3.63, 3.8) is 0 Å². The number of rotatable bonds is 6. The molecule has 0 heterocycles. The van der Waals surface area contributed by atoms with Gasteiger partial charge in [0.25, 0.3) is 0 Å². The Kier molecular flexibility index (Phi) is 5.40. The van der Waals surface area contributed by atoms with Crippen LogP contribution in [-0.2, 0) is 14.6 Å². The van der Waals surface area contributed by atoms with Gasteiger partial charge in [0.05, 0.1) is 5.75 Å².